The first kappa shape index (κ1) is 13.4. The van der Waals surface area contributed by atoms with E-state index in [2.05, 4.69) is 0 Å². The molecule has 1 aliphatic rings. The van der Waals surface area contributed by atoms with Gasteiger partial charge in [0.15, 0.2) is 9.84 Å². The molecule has 0 spiro atoms. The second-order valence-corrected chi connectivity index (χ2v) is 6.30. The normalized spacial score (nSPS) is 24.2. The molecule has 6 nitrogen and oxygen atoms in total. The van der Waals surface area contributed by atoms with Crippen molar-refractivity contribution in [1.29, 1.82) is 0 Å². The number of carbonyl (C=O) groups is 1. The van der Waals surface area contributed by atoms with Gasteiger partial charge in [-0.1, -0.05) is 0 Å². The number of ether oxygens (including phenoxy) is 1. The maximum absolute atomic E-state index is 11.8. The number of aliphatic hydroxyl groups excluding tert-OH is 1. The second-order valence-electron chi connectivity index (χ2n) is 3.93. The minimum absolute atomic E-state index is 0.170. The van der Waals surface area contributed by atoms with Gasteiger partial charge in [-0.15, -0.1) is 0 Å². The summed E-state index contributed by atoms with van der Waals surface area (Å²) in [5.74, 6) is -0.427. The topological polar surface area (TPSA) is 83.9 Å². The van der Waals surface area contributed by atoms with Gasteiger partial charge in [0.1, 0.15) is 5.25 Å². The number of hydrogen-bond acceptors (Lipinski definition) is 5. The standard InChI is InChI=1S/C9H17NO5S/c1-7(16(2,13)14)9(12)10-3-4-15-8(5-10)6-11/h7-8,11H,3-6H2,1-2H3. The molecule has 2 unspecified atom stereocenters. The van der Waals surface area contributed by atoms with Crippen molar-refractivity contribution in [3.8, 4) is 0 Å². The van der Waals surface area contributed by atoms with Crippen LogP contribution in [0.5, 0.6) is 0 Å². The zero-order valence-corrected chi connectivity index (χ0v) is 10.2. The van der Waals surface area contributed by atoms with Crippen molar-refractivity contribution in [2.45, 2.75) is 18.3 Å². The molecule has 1 rings (SSSR count). The van der Waals surface area contributed by atoms with Gasteiger partial charge >= 0.3 is 0 Å². The van der Waals surface area contributed by atoms with Crippen molar-refractivity contribution < 1.29 is 23.1 Å². The smallest absolute Gasteiger partial charge is 0.240 e. The third kappa shape index (κ3) is 3.16. The summed E-state index contributed by atoms with van der Waals surface area (Å²) in [6.45, 7) is 2.15. The fourth-order valence-electron chi connectivity index (χ4n) is 1.47. The van der Waals surface area contributed by atoms with Crippen molar-refractivity contribution >= 4 is 15.7 Å². The Kier molecular flexibility index (Phi) is 4.28. The maximum Gasteiger partial charge on any atom is 0.240 e. The second kappa shape index (κ2) is 5.11. The fraction of sp³-hybridized carbons (Fsp3) is 0.889. The summed E-state index contributed by atoms with van der Waals surface area (Å²) >= 11 is 0. The van der Waals surface area contributed by atoms with E-state index in [1.807, 2.05) is 0 Å². The zero-order valence-electron chi connectivity index (χ0n) is 9.42. The molecule has 7 heteroatoms. The van der Waals surface area contributed by atoms with Crippen LogP contribution in [0.25, 0.3) is 0 Å². The van der Waals surface area contributed by atoms with Crippen LogP contribution in [0.4, 0.5) is 0 Å². The SMILES string of the molecule is CC(C(=O)N1CCOC(CO)C1)S(C)(=O)=O. The fourth-order valence-corrected chi connectivity index (χ4v) is 1.99. The first-order valence-corrected chi connectivity index (χ1v) is 7.02. The lowest BCUT2D eigenvalue weighted by Gasteiger charge is -2.33. The highest BCUT2D eigenvalue weighted by Gasteiger charge is 2.31. The number of carbonyl (C=O) groups excluding carboxylic acids is 1. The molecular weight excluding hydrogens is 234 g/mol. The van der Waals surface area contributed by atoms with Crippen molar-refractivity contribution in [2.75, 3.05) is 32.6 Å². The Balaban J connectivity index is 2.67. The zero-order chi connectivity index (χ0) is 12.3. The van der Waals surface area contributed by atoms with Crippen molar-refractivity contribution in [3.05, 3.63) is 0 Å². The van der Waals surface area contributed by atoms with Gasteiger partial charge in [0.25, 0.3) is 0 Å². The van der Waals surface area contributed by atoms with E-state index >= 15 is 0 Å². The molecule has 0 saturated carbocycles. The lowest BCUT2D eigenvalue weighted by atomic mass is 10.2. The lowest BCUT2D eigenvalue weighted by Crippen LogP contribution is -2.50. The van der Waals surface area contributed by atoms with Crippen LogP contribution in [0.15, 0.2) is 0 Å². The van der Waals surface area contributed by atoms with Crippen LogP contribution in [0.3, 0.4) is 0 Å². The molecule has 1 amide bonds. The number of morpholine rings is 1. The third-order valence-corrected chi connectivity index (χ3v) is 4.13. The van der Waals surface area contributed by atoms with E-state index in [9.17, 15) is 13.2 Å². The highest BCUT2D eigenvalue weighted by molar-refractivity contribution is 7.92. The van der Waals surface area contributed by atoms with E-state index in [0.717, 1.165) is 6.26 Å². The van der Waals surface area contributed by atoms with Gasteiger partial charge in [0.05, 0.1) is 19.3 Å². The van der Waals surface area contributed by atoms with E-state index in [0.29, 0.717) is 13.2 Å². The van der Waals surface area contributed by atoms with Crippen molar-refractivity contribution in [1.82, 2.24) is 4.90 Å². The summed E-state index contributed by atoms with van der Waals surface area (Å²) < 4.78 is 27.7. The molecule has 1 aliphatic heterocycles. The number of aliphatic hydroxyl groups is 1. The van der Waals surface area contributed by atoms with Gasteiger partial charge in [0.2, 0.25) is 5.91 Å². The minimum Gasteiger partial charge on any atom is -0.394 e. The largest absolute Gasteiger partial charge is 0.394 e. The van der Waals surface area contributed by atoms with Crippen molar-refractivity contribution in [3.63, 3.8) is 0 Å². The van der Waals surface area contributed by atoms with E-state index in [4.69, 9.17) is 9.84 Å². The monoisotopic (exact) mass is 251 g/mol. The van der Waals surface area contributed by atoms with Crippen LogP contribution in [0, 0.1) is 0 Å². The molecule has 0 radical (unpaired) electrons. The lowest BCUT2D eigenvalue weighted by molar-refractivity contribution is -0.139. The van der Waals surface area contributed by atoms with Crippen LogP contribution >= 0.6 is 0 Å². The quantitative estimate of drug-likeness (QED) is 0.669. The number of rotatable bonds is 3. The van der Waals surface area contributed by atoms with E-state index < -0.39 is 27.1 Å². The summed E-state index contributed by atoms with van der Waals surface area (Å²) in [6.07, 6.45) is 0.629. The predicted molar refractivity (Wildman–Crippen MR) is 57.7 cm³/mol. The van der Waals surface area contributed by atoms with E-state index in [1.165, 1.54) is 11.8 Å². The summed E-state index contributed by atoms with van der Waals surface area (Å²) in [4.78, 5) is 13.2. The Morgan fingerprint density at radius 3 is 2.75 bits per heavy atom. The molecule has 1 fully saturated rings. The summed E-state index contributed by atoms with van der Waals surface area (Å²) in [5.41, 5.74) is 0. The average Bonchev–Trinajstić information content (AvgIpc) is 2.26. The molecule has 16 heavy (non-hydrogen) atoms. The van der Waals surface area contributed by atoms with Crippen LogP contribution < -0.4 is 0 Å². The highest BCUT2D eigenvalue weighted by Crippen LogP contribution is 2.09. The molecule has 0 bridgehead atoms. The van der Waals surface area contributed by atoms with E-state index in [1.54, 1.807) is 0 Å². The van der Waals surface area contributed by atoms with Crippen LogP contribution in [-0.2, 0) is 19.4 Å². The van der Waals surface area contributed by atoms with Crippen LogP contribution in [0.1, 0.15) is 6.92 Å². The van der Waals surface area contributed by atoms with Gasteiger partial charge in [-0.3, -0.25) is 4.79 Å². The Bertz CT molecular complexity index is 353. The molecule has 94 valence electrons. The molecule has 0 aromatic carbocycles. The van der Waals surface area contributed by atoms with Crippen LogP contribution in [-0.4, -0.2) is 68.2 Å². The molecular formula is C9H17NO5S. The van der Waals surface area contributed by atoms with Gasteiger partial charge in [-0.25, -0.2) is 8.42 Å². The first-order chi connectivity index (χ1) is 7.36. The Morgan fingerprint density at radius 1 is 1.62 bits per heavy atom. The van der Waals surface area contributed by atoms with E-state index in [-0.39, 0.29) is 13.2 Å². The molecule has 1 N–H and O–H groups in total. The Labute approximate surface area is 95.1 Å². The number of sulfone groups is 1. The molecule has 0 aromatic heterocycles. The van der Waals surface area contributed by atoms with Gasteiger partial charge < -0.3 is 14.7 Å². The Morgan fingerprint density at radius 2 is 2.25 bits per heavy atom. The van der Waals surface area contributed by atoms with Gasteiger partial charge in [0, 0.05) is 19.3 Å². The third-order valence-electron chi connectivity index (χ3n) is 2.64. The number of amides is 1. The Hall–Kier alpha value is -0.660. The van der Waals surface area contributed by atoms with Gasteiger partial charge in [-0.05, 0) is 6.92 Å². The maximum atomic E-state index is 11.8. The summed E-state index contributed by atoms with van der Waals surface area (Å²) in [6, 6.07) is 0. The molecule has 0 aliphatic carbocycles. The number of nitrogens with zero attached hydrogens (tertiary/aromatic N) is 1. The molecule has 1 saturated heterocycles. The first-order valence-electron chi connectivity index (χ1n) is 5.06. The van der Waals surface area contributed by atoms with Crippen molar-refractivity contribution in [2.24, 2.45) is 0 Å². The highest BCUT2D eigenvalue weighted by atomic mass is 32.2. The molecule has 2 atom stereocenters. The molecule has 1 heterocycles. The predicted octanol–water partition coefficient (Wildman–Crippen LogP) is -1.36. The molecule has 0 aromatic rings. The average molecular weight is 251 g/mol. The number of hydrogen-bond donors (Lipinski definition) is 1. The van der Waals surface area contributed by atoms with Gasteiger partial charge in [-0.2, -0.15) is 0 Å². The summed E-state index contributed by atoms with van der Waals surface area (Å²) in [5, 5.41) is 7.87. The minimum atomic E-state index is -3.37. The summed E-state index contributed by atoms with van der Waals surface area (Å²) in [7, 11) is -3.37. The van der Waals surface area contributed by atoms with Crippen LogP contribution in [0.2, 0.25) is 0 Å².